The standard InChI is InChI=1S/C13H17F3N2O5S/c1-11(2,12(3,4)19)17-9-6-5-8(7-10(9)18(20)21)24(22,23)13(14,15)16/h5-7,17,19H,1-4H3. The molecule has 0 saturated heterocycles. The van der Waals surface area contributed by atoms with E-state index in [2.05, 4.69) is 5.32 Å². The van der Waals surface area contributed by atoms with Gasteiger partial charge in [-0.1, -0.05) is 0 Å². The molecule has 0 saturated carbocycles. The number of rotatable bonds is 5. The third-order valence-electron chi connectivity index (χ3n) is 3.76. The predicted octanol–water partition coefficient (Wildman–Crippen LogP) is 2.85. The Morgan fingerprint density at radius 2 is 1.67 bits per heavy atom. The van der Waals surface area contributed by atoms with Crippen LogP contribution in [0.15, 0.2) is 23.1 Å². The lowest BCUT2D eigenvalue weighted by molar-refractivity contribution is -0.384. The van der Waals surface area contributed by atoms with E-state index in [0.717, 1.165) is 6.07 Å². The van der Waals surface area contributed by atoms with Crippen LogP contribution in [0.3, 0.4) is 0 Å². The van der Waals surface area contributed by atoms with E-state index >= 15 is 0 Å². The predicted molar refractivity (Wildman–Crippen MR) is 80.3 cm³/mol. The third kappa shape index (κ3) is 3.78. The third-order valence-corrected chi connectivity index (χ3v) is 5.24. The molecule has 0 bridgehead atoms. The minimum absolute atomic E-state index is 0.215. The Hall–Kier alpha value is -1.88. The molecule has 136 valence electrons. The van der Waals surface area contributed by atoms with Crippen molar-refractivity contribution in [2.24, 2.45) is 0 Å². The van der Waals surface area contributed by atoms with Gasteiger partial charge in [0, 0.05) is 6.07 Å². The molecule has 1 aromatic rings. The minimum Gasteiger partial charge on any atom is -0.388 e. The summed E-state index contributed by atoms with van der Waals surface area (Å²) in [6, 6.07) is 1.83. The molecular weight excluding hydrogens is 353 g/mol. The van der Waals surface area contributed by atoms with E-state index in [1.165, 1.54) is 27.7 Å². The van der Waals surface area contributed by atoms with Gasteiger partial charge in [0.05, 0.1) is 21.0 Å². The molecule has 0 radical (unpaired) electrons. The molecule has 0 aliphatic rings. The Morgan fingerprint density at radius 1 is 1.17 bits per heavy atom. The number of sulfone groups is 1. The second-order valence-electron chi connectivity index (χ2n) is 6.19. The Labute approximate surface area is 136 Å². The van der Waals surface area contributed by atoms with Crippen LogP contribution in [-0.2, 0) is 9.84 Å². The number of hydrogen-bond acceptors (Lipinski definition) is 6. The molecule has 0 aromatic heterocycles. The molecule has 0 atom stereocenters. The quantitative estimate of drug-likeness (QED) is 0.609. The zero-order valence-electron chi connectivity index (χ0n) is 13.3. The van der Waals surface area contributed by atoms with Crippen molar-refractivity contribution in [3.63, 3.8) is 0 Å². The summed E-state index contributed by atoms with van der Waals surface area (Å²) in [4.78, 5) is 8.88. The fraction of sp³-hybridized carbons (Fsp3) is 0.538. The van der Waals surface area contributed by atoms with Gasteiger partial charge in [0.2, 0.25) is 0 Å². The summed E-state index contributed by atoms with van der Waals surface area (Å²) in [5.41, 5.74) is -9.06. The largest absolute Gasteiger partial charge is 0.501 e. The van der Waals surface area contributed by atoms with Crippen LogP contribution in [0.25, 0.3) is 0 Å². The van der Waals surface area contributed by atoms with Gasteiger partial charge in [0.25, 0.3) is 15.5 Å². The van der Waals surface area contributed by atoms with E-state index in [-0.39, 0.29) is 5.69 Å². The van der Waals surface area contributed by atoms with Gasteiger partial charge < -0.3 is 10.4 Å². The van der Waals surface area contributed by atoms with Gasteiger partial charge in [0.15, 0.2) is 0 Å². The molecule has 2 N–H and O–H groups in total. The van der Waals surface area contributed by atoms with Gasteiger partial charge in [-0.25, -0.2) is 8.42 Å². The molecule has 7 nitrogen and oxygen atoms in total. The van der Waals surface area contributed by atoms with Crippen molar-refractivity contribution in [1.29, 1.82) is 0 Å². The first-order valence-corrected chi connectivity index (χ1v) is 8.09. The highest BCUT2D eigenvalue weighted by molar-refractivity contribution is 7.92. The number of aliphatic hydroxyl groups is 1. The Kier molecular flexibility index (Phi) is 4.94. The summed E-state index contributed by atoms with van der Waals surface area (Å²) in [5, 5.41) is 23.8. The Bertz CT molecular complexity index is 752. The fourth-order valence-electron chi connectivity index (χ4n) is 1.56. The molecule has 0 unspecified atom stereocenters. The number of halogens is 3. The summed E-state index contributed by atoms with van der Waals surface area (Å²) in [5.74, 6) is 0. The molecule has 1 aromatic carbocycles. The highest BCUT2D eigenvalue weighted by Gasteiger charge is 2.47. The number of nitro benzene ring substituents is 1. The number of nitrogens with zero attached hydrogens (tertiary/aromatic N) is 1. The Morgan fingerprint density at radius 3 is 2.04 bits per heavy atom. The first-order valence-electron chi connectivity index (χ1n) is 6.61. The number of anilines is 1. The smallest absolute Gasteiger partial charge is 0.388 e. The highest BCUT2D eigenvalue weighted by atomic mass is 32.2. The van der Waals surface area contributed by atoms with Crippen LogP contribution in [0.2, 0.25) is 0 Å². The summed E-state index contributed by atoms with van der Waals surface area (Å²) in [7, 11) is -5.70. The maximum Gasteiger partial charge on any atom is 0.501 e. The topological polar surface area (TPSA) is 110 Å². The summed E-state index contributed by atoms with van der Waals surface area (Å²) in [6.45, 7) is 5.93. The van der Waals surface area contributed by atoms with Crippen molar-refractivity contribution in [2.45, 2.75) is 49.2 Å². The number of nitro groups is 1. The number of alkyl halides is 3. The lowest BCUT2D eigenvalue weighted by Gasteiger charge is -2.38. The van der Waals surface area contributed by atoms with Crippen molar-refractivity contribution in [2.75, 3.05) is 5.32 Å². The molecule has 0 amide bonds. The second-order valence-corrected chi connectivity index (χ2v) is 8.14. The van der Waals surface area contributed by atoms with Crippen molar-refractivity contribution in [1.82, 2.24) is 0 Å². The molecule has 24 heavy (non-hydrogen) atoms. The summed E-state index contributed by atoms with van der Waals surface area (Å²) >= 11 is 0. The maximum atomic E-state index is 12.6. The summed E-state index contributed by atoms with van der Waals surface area (Å²) < 4.78 is 60.5. The van der Waals surface area contributed by atoms with Crippen LogP contribution in [0, 0.1) is 10.1 Å². The van der Waals surface area contributed by atoms with Crippen molar-refractivity contribution in [3.8, 4) is 0 Å². The molecule has 0 aliphatic heterocycles. The van der Waals surface area contributed by atoms with Crippen LogP contribution in [0.4, 0.5) is 24.5 Å². The van der Waals surface area contributed by atoms with E-state index in [9.17, 15) is 36.8 Å². The van der Waals surface area contributed by atoms with Crippen LogP contribution in [-0.4, -0.2) is 35.1 Å². The Balaban J connectivity index is 3.46. The number of nitrogens with one attached hydrogen (secondary N) is 1. The lowest BCUT2D eigenvalue weighted by atomic mass is 9.85. The molecular formula is C13H17F3N2O5S. The molecule has 11 heteroatoms. The average molecular weight is 370 g/mol. The van der Waals surface area contributed by atoms with Gasteiger partial charge in [-0.05, 0) is 39.8 Å². The van der Waals surface area contributed by atoms with Gasteiger partial charge in [-0.2, -0.15) is 13.2 Å². The van der Waals surface area contributed by atoms with E-state index in [1.807, 2.05) is 0 Å². The molecule has 0 aliphatic carbocycles. The van der Waals surface area contributed by atoms with E-state index < -0.39 is 42.0 Å². The SMILES string of the molecule is CC(C)(O)C(C)(C)Nc1ccc(S(=O)(=O)C(F)(F)F)cc1[N+](=O)[O-]. The second kappa shape index (κ2) is 5.88. The zero-order valence-corrected chi connectivity index (χ0v) is 14.1. The van der Waals surface area contributed by atoms with Crippen LogP contribution in [0.5, 0.6) is 0 Å². The van der Waals surface area contributed by atoms with Gasteiger partial charge >= 0.3 is 5.51 Å². The van der Waals surface area contributed by atoms with Gasteiger partial charge in [0.1, 0.15) is 5.69 Å². The molecule has 0 spiro atoms. The molecule has 0 fully saturated rings. The van der Waals surface area contributed by atoms with Crippen LogP contribution in [0.1, 0.15) is 27.7 Å². The average Bonchev–Trinajstić information content (AvgIpc) is 2.35. The maximum absolute atomic E-state index is 12.6. The lowest BCUT2D eigenvalue weighted by Crippen LogP contribution is -2.51. The van der Waals surface area contributed by atoms with Crippen LogP contribution >= 0.6 is 0 Å². The molecule has 0 heterocycles. The summed E-state index contributed by atoms with van der Waals surface area (Å²) in [6.07, 6.45) is 0. The number of benzene rings is 1. The van der Waals surface area contributed by atoms with Gasteiger partial charge in [-0.3, -0.25) is 10.1 Å². The zero-order chi connectivity index (χ0) is 19.1. The van der Waals surface area contributed by atoms with Crippen molar-refractivity contribution < 1.29 is 31.6 Å². The normalized spacial score (nSPS) is 13.7. The first-order chi connectivity index (χ1) is 10.5. The van der Waals surface area contributed by atoms with Gasteiger partial charge in [-0.15, -0.1) is 0 Å². The fourth-order valence-corrected chi connectivity index (χ4v) is 2.34. The van der Waals surface area contributed by atoms with Crippen LogP contribution < -0.4 is 5.32 Å². The molecule has 1 rings (SSSR count). The van der Waals surface area contributed by atoms with Crippen molar-refractivity contribution >= 4 is 21.2 Å². The van der Waals surface area contributed by atoms with E-state index in [0.29, 0.717) is 12.1 Å². The first kappa shape index (κ1) is 20.2. The van der Waals surface area contributed by atoms with E-state index in [1.54, 1.807) is 0 Å². The highest BCUT2D eigenvalue weighted by Crippen LogP contribution is 2.36. The van der Waals surface area contributed by atoms with Crippen molar-refractivity contribution in [3.05, 3.63) is 28.3 Å². The minimum atomic E-state index is -5.70. The number of hydrogen-bond donors (Lipinski definition) is 2. The monoisotopic (exact) mass is 370 g/mol. The van der Waals surface area contributed by atoms with E-state index in [4.69, 9.17) is 0 Å².